The molecule has 0 unspecified atom stereocenters. The monoisotopic (exact) mass is 487 g/mol. The molecule has 3 N–H and O–H groups in total. The van der Waals surface area contributed by atoms with Crippen molar-refractivity contribution in [3.05, 3.63) is 59.7 Å². The molecule has 0 saturated heterocycles. The lowest BCUT2D eigenvalue weighted by Crippen LogP contribution is -2.48. The van der Waals surface area contributed by atoms with E-state index in [2.05, 4.69) is 23.1 Å². The van der Waals surface area contributed by atoms with Crippen LogP contribution >= 0.6 is 12.2 Å². The van der Waals surface area contributed by atoms with Crippen molar-refractivity contribution in [3.63, 3.8) is 0 Å². The fraction of sp³-hybridized carbons (Fsp3) is 0.400. The summed E-state index contributed by atoms with van der Waals surface area (Å²) in [7, 11) is 0. The maximum Gasteiger partial charge on any atom is 0.269 e. The van der Waals surface area contributed by atoms with Crippen molar-refractivity contribution in [3.8, 4) is 11.5 Å². The lowest BCUT2D eigenvalue weighted by atomic mass is 10.2. The molecule has 9 heteroatoms. The molecule has 0 atom stereocenters. The van der Waals surface area contributed by atoms with Crippen LogP contribution in [0.4, 0.5) is 0 Å². The molecule has 0 bridgehead atoms. The maximum absolute atomic E-state index is 12.3. The number of carbonyl (C=O) groups is 2. The lowest BCUT2D eigenvalue weighted by Gasteiger charge is -2.12. The van der Waals surface area contributed by atoms with Crippen LogP contribution in [-0.2, 0) is 4.74 Å². The van der Waals surface area contributed by atoms with E-state index in [0.29, 0.717) is 43.3 Å². The van der Waals surface area contributed by atoms with Gasteiger partial charge in [0.25, 0.3) is 11.8 Å². The Bertz CT molecular complexity index is 904. The molecule has 2 aromatic carbocycles. The number of hydrogen-bond donors (Lipinski definition) is 3. The highest BCUT2D eigenvalue weighted by Gasteiger charge is 2.10. The summed E-state index contributed by atoms with van der Waals surface area (Å²) >= 11 is 5.09. The van der Waals surface area contributed by atoms with Crippen molar-refractivity contribution in [2.24, 2.45) is 0 Å². The second-order valence-corrected chi connectivity index (χ2v) is 7.77. The molecule has 2 aromatic rings. The summed E-state index contributed by atoms with van der Waals surface area (Å²) in [5.41, 5.74) is 5.83. The number of unbranched alkanes of at least 4 members (excludes halogenated alkanes) is 3. The number of benzene rings is 2. The Morgan fingerprint density at radius 1 is 0.735 bits per heavy atom. The van der Waals surface area contributed by atoms with E-state index in [-0.39, 0.29) is 11.0 Å². The average molecular weight is 488 g/mol. The predicted molar refractivity (Wildman–Crippen MR) is 135 cm³/mol. The average Bonchev–Trinajstić information content (AvgIpc) is 2.86. The largest absolute Gasteiger partial charge is 0.494 e. The van der Waals surface area contributed by atoms with Gasteiger partial charge in [-0.15, -0.1) is 0 Å². The van der Waals surface area contributed by atoms with Crippen molar-refractivity contribution in [2.45, 2.75) is 39.5 Å². The van der Waals surface area contributed by atoms with Gasteiger partial charge in [-0.3, -0.25) is 25.8 Å². The Labute approximate surface area is 206 Å². The van der Waals surface area contributed by atoms with E-state index in [9.17, 15) is 9.59 Å². The first-order chi connectivity index (χ1) is 16.5. The van der Waals surface area contributed by atoms with Gasteiger partial charge in [0.1, 0.15) is 18.1 Å². The lowest BCUT2D eigenvalue weighted by molar-refractivity contribution is 0.0934. The summed E-state index contributed by atoms with van der Waals surface area (Å²) in [6.45, 7) is 6.31. The van der Waals surface area contributed by atoms with Gasteiger partial charge in [-0.05, 0) is 74.1 Å². The SMILES string of the molecule is CCCCCCOc1ccc(C(=O)NNC(=S)NC(=O)c2ccc(OCCOCC)cc2)cc1. The molecule has 0 radical (unpaired) electrons. The number of rotatable bonds is 13. The highest BCUT2D eigenvalue weighted by Crippen LogP contribution is 2.13. The summed E-state index contributed by atoms with van der Waals surface area (Å²) in [6.07, 6.45) is 4.54. The van der Waals surface area contributed by atoms with Gasteiger partial charge in [0.2, 0.25) is 0 Å². The van der Waals surface area contributed by atoms with Gasteiger partial charge >= 0.3 is 0 Å². The Morgan fingerprint density at radius 3 is 1.91 bits per heavy atom. The molecule has 0 aromatic heterocycles. The van der Waals surface area contributed by atoms with Gasteiger partial charge in [0.05, 0.1) is 13.2 Å². The van der Waals surface area contributed by atoms with E-state index in [4.69, 9.17) is 26.4 Å². The second kappa shape index (κ2) is 15.6. The molecule has 184 valence electrons. The van der Waals surface area contributed by atoms with Crippen LogP contribution in [-0.4, -0.2) is 43.4 Å². The highest BCUT2D eigenvalue weighted by molar-refractivity contribution is 7.80. The Kier molecular flexibility index (Phi) is 12.4. The molecule has 0 aliphatic rings. The number of carbonyl (C=O) groups excluding carboxylic acids is 2. The molecule has 0 aliphatic carbocycles. The van der Waals surface area contributed by atoms with Crippen molar-refractivity contribution in [1.82, 2.24) is 16.2 Å². The first-order valence-corrected chi connectivity index (χ1v) is 11.9. The van der Waals surface area contributed by atoms with Crippen LogP contribution in [0.1, 0.15) is 60.2 Å². The number of amides is 2. The van der Waals surface area contributed by atoms with E-state index < -0.39 is 5.91 Å². The van der Waals surface area contributed by atoms with Gasteiger partial charge in [-0.1, -0.05) is 26.2 Å². The molecule has 0 spiro atoms. The Hall–Kier alpha value is -3.17. The number of hydrogen-bond acceptors (Lipinski definition) is 6. The molecular formula is C25H33N3O5S. The molecule has 0 fully saturated rings. The van der Waals surface area contributed by atoms with E-state index in [1.54, 1.807) is 48.5 Å². The van der Waals surface area contributed by atoms with Gasteiger partial charge in [0, 0.05) is 17.7 Å². The van der Waals surface area contributed by atoms with Gasteiger partial charge < -0.3 is 14.2 Å². The maximum atomic E-state index is 12.3. The van der Waals surface area contributed by atoms with Crippen LogP contribution < -0.4 is 25.6 Å². The third-order valence-corrected chi connectivity index (χ3v) is 4.92. The Balaban J connectivity index is 1.71. The highest BCUT2D eigenvalue weighted by atomic mass is 32.1. The zero-order chi connectivity index (χ0) is 24.6. The minimum atomic E-state index is -0.409. The van der Waals surface area contributed by atoms with Crippen molar-refractivity contribution < 1.29 is 23.8 Å². The summed E-state index contributed by atoms with van der Waals surface area (Å²) in [5.74, 6) is 0.555. The standard InChI is InChI=1S/C25H33N3O5S/c1-3-5-6-7-16-32-21-14-10-20(11-15-21)24(30)27-28-25(34)26-23(29)19-8-12-22(13-9-19)33-18-17-31-4-2/h8-15H,3-7,16-18H2,1-2H3,(H,27,30)(H2,26,28,29,34). The summed E-state index contributed by atoms with van der Waals surface area (Å²) < 4.78 is 16.4. The molecule has 0 saturated carbocycles. The van der Waals surface area contributed by atoms with Crippen LogP contribution in [0.25, 0.3) is 0 Å². The quantitative estimate of drug-likeness (QED) is 0.223. The minimum absolute atomic E-state index is 0.0255. The van der Waals surface area contributed by atoms with Crippen LogP contribution in [0.2, 0.25) is 0 Å². The number of thiocarbonyl (C=S) groups is 1. The molecule has 0 heterocycles. The number of nitrogens with one attached hydrogen (secondary N) is 3. The number of ether oxygens (including phenoxy) is 3. The third-order valence-electron chi connectivity index (χ3n) is 4.72. The van der Waals surface area contributed by atoms with Crippen LogP contribution in [0.3, 0.4) is 0 Å². The van der Waals surface area contributed by atoms with Crippen LogP contribution in [0.15, 0.2) is 48.5 Å². The molecule has 2 amide bonds. The van der Waals surface area contributed by atoms with Gasteiger partial charge in [-0.2, -0.15) is 0 Å². The smallest absolute Gasteiger partial charge is 0.269 e. The molecule has 34 heavy (non-hydrogen) atoms. The fourth-order valence-corrected chi connectivity index (χ4v) is 3.02. The molecule has 8 nitrogen and oxygen atoms in total. The topological polar surface area (TPSA) is 97.9 Å². The van der Waals surface area contributed by atoms with E-state index in [1.165, 1.54) is 12.8 Å². The zero-order valence-electron chi connectivity index (χ0n) is 19.7. The summed E-state index contributed by atoms with van der Waals surface area (Å²) in [4.78, 5) is 24.6. The van der Waals surface area contributed by atoms with Crippen molar-refractivity contribution >= 4 is 29.1 Å². The first-order valence-electron chi connectivity index (χ1n) is 11.5. The van der Waals surface area contributed by atoms with E-state index in [0.717, 1.165) is 18.6 Å². The normalized spacial score (nSPS) is 10.3. The summed E-state index contributed by atoms with van der Waals surface area (Å²) in [6, 6.07) is 13.5. The third kappa shape index (κ3) is 10.2. The summed E-state index contributed by atoms with van der Waals surface area (Å²) in [5, 5.41) is 2.49. The second-order valence-electron chi connectivity index (χ2n) is 7.37. The van der Waals surface area contributed by atoms with Crippen molar-refractivity contribution in [2.75, 3.05) is 26.4 Å². The van der Waals surface area contributed by atoms with Gasteiger partial charge in [-0.25, -0.2) is 0 Å². The zero-order valence-corrected chi connectivity index (χ0v) is 20.5. The van der Waals surface area contributed by atoms with Gasteiger partial charge in [0.15, 0.2) is 5.11 Å². The minimum Gasteiger partial charge on any atom is -0.494 e. The van der Waals surface area contributed by atoms with E-state index >= 15 is 0 Å². The fourth-order valence-electron chi connectivity index (χ4n) is 2.88. The number of hydrazine groups is 1. The van der Waals surface area contributed by atoms with Crippen molar-refractivity contribution in [1.29, 1.82) is 0 Å². The van der Waals surface area contributed by atoms with Crippen LogP contribution in [0.5, 0.6) is 11.5 Å². The molecular weight excluding hydrogens is 454 g/mol. The predicted octanol–water partition coefficient (Wildman–Crippen LogP) is 4.01. The Morgan fingerprint density at radius 2 is 1.32 bits per heavy atom. The van der Waals surface area contributed by atoms with E-state index in [1.807, 2.05) is 6.92 Å². The molecule has 2 rings (SSSR count). The first kappa shape index (κ1) is 27.1. The van der Waals surface area contributed by atoms with Crippen LogP contribution in [0, 0.1) is 0 Å². The molecule has 0 aliphatic heterocycles.